The van der Waals surface area contributed by atoms with E-state index < -0.39 is 0 Å². The first-order valence-corrected chi connectivity index (χ1v) is 10.7. The Morgan fingerprint density at radius 2 is 1.37 bits per heavy atom. The molecule has 0 N–H and O–H groups in total. The molecule has 0 radical (unpaired) electrons. The number of benzene rings is 2. The molecule has 0 aromatic heterocycles. The van der Waals surface area contributed by atoms with Crippen LogP contribution in [0.1, 0.15) is 83.3 Å². The molecule has 0 saturated heterocycles. The van der Waals surface area contributed by atoms with Gasteiger partial charge in [0.2, 0.25) is 0 Å². The van der Waals surface area contributed by atoms with E-state index in [1.54, 1.807) is 6.92 Å². The van der Waals surface area contributed by atoms with Gasteiger partial charge in [-0.3, -0.25) is 4.79 Å². The van der Waals surface area contributed by atoms with Crippen LogP contribution in [0.3, 0.4) is 0 Å². The summed E-state index contributed by atoms with van der Waals surface area (Å²) in [5, 5.41) is 0. The lowest BCUT2D eigenvalue weighted by molar-refractivity contribution is 0.101. The monoisotopic (exact) mass is 404 g/mol. The van der Waals surface area contributed by atoms with Crippen LogP contribution in [0.15, 0.2) is 59.8 Å². The molecule has 0 aliphatic rings. The Hall–Kier alpha value is -2.57. The Balaban J connectivity index is 2.32. The molecule has 0 atom stereocenters. The minimum Gasteiger partial charge on any atom is -0.488 e. The van der Waals surface area contributed by atoms with E-state index in [9.17, 15) is 4.79 Å². The molecular weight excluding hydrogens is 368 g/mol. The van der Waals surface area contributed by atoms with Crippen LogP contribution in [-0.2, 0) is 5.41 Å². The number of rotatable bonds is 6. The van der Waals surface area contributed by atoms with Gasteiger partial charge in [-0.05, 0) is 59.9 Å². The standard InChI is InChI=1S/C28H36O2/c1-20(18-27(3,4)5)17-24(23-11-9-22(10-12-23)21(2)29)19-30-26-15-13-25(14-16-26)28(6,7)8/h9-16H,18-19H2,1-8H3. The zero-order chi connectivity index (χ0) is 22.5. The summed E-state index contributed by atoms with van der Waals surface area (Å²) < 4.78 is 6.12. The van der Waals surface area contributed by atoms with E-state index in [0.717, 1.165) is 23.3 Å². The van der Waals surface area contributed by atoms with Crippen molar-refractivity contribution in [2.24, 2.45) is 5.41 Å². The number of ether oxygens (including phenoxy) is 1. The van der Waals surface area contributed by atoms with Crippen molar-refractivity contribution in [1.82, 2.24) is 0 Å². The molecular formula is C28H36O2. The van der Waals surface area contributed by atoms with Crippen LogP contribution < -0.4 is 4.74 Å². The molecule has 0 aliphatic heterocycles. The first-order valence-electron chi connectivity index (χ1n) is 10.7. The van der Waals surface area contributed by atoms with Gasteiger partial charge in [0.1, 0.15) is 12.4 Å². The highest BCUT2D eigenvalue weighted by Crippen LogP contribution is 2.26. The summed E-state index contributed by atoms with van der Waals surface area (Å²) >= 11 is 0. The fraction of sp³-hybridized carbons (Fsp3) is 0.429. The van der Waals surface area contributed by atoms with Crippen molar-refractivity contribution >= 4 is 11.4 Å². The van der Waals surface area contributed by atoms with Crippen LogP contribution in [0.2, 0.25) is 0 Å². The van der Waals surface area contributed by atoms with Gasteiger partial charge < -0.3 is 4.74 Å². The maximum absolute atomic E-state index is 11.6. The highest BCUT2D eigenvalue weighted by Gasteiger charge is 2.14. The smallest absolute Gasteiger partial charge is 0.159 e. The lowest BCUT2D eigenvalue weighted by Crippen LogP contribution is -2.10. The first-order chi connectivity index (χ1) is 13.8. The van der Waals surface area contributed by atoms with Gasteiger partial charge in [-0.15, -0.1) is 5.73 Å². The molecule has 160 valence electrons. The van der Waals surface area contributed by atoms with Gasteiger partial charge in [0.15, 0.2) is 5.78 Å². The Morgan fingerprint density at radius 3 is 1.83 bits per heavy atom. The maximum atomic E-state index is 11.6. The molecule has 0 unspecified atom stereocenters. The lowest BCUT2D eigenvalue weighted by Gasteiger charge is -2.19. The maximum Gasteiger partial charge on any atom is 0.159 e. The summed E-state index contributed by atoms with van der Waals surface area (Å²) in [6, 6.07) is 16.0. The summed E-state index contributed by atoms with van der Waals surface area (Å²) in [4.78, 5) is 11.6. The summed E-state index contributed by atoms with van der Waals surface area (Å²) in [7, 11) is 0. The molecule has 2 heteroatoms. The van der Waals surface area contributed by atoms with Crippen LogP contribution in [-0.4, -0.2) is 12.4 Å². The number of Topliss-reactive ketones (excluding diaryl/α,β-unsaturated/α-hetero) is 1. The van der Waals surface area contributed by atoms with Crippen LogP contribution in [0.4, 0.5) is 0 Å². The highest BCUT2D eigenvalue weighted by atomic mass is 16.5. The summed E-state index contributed by atoms with van der Waals surface area (Å²) in [5.74, 6) is 0.915. The number of hydrogen-bond acceptors (Lipinski definition) is 2. The third-order valence-electron chi connectivity index (χ3n) is 4.90. The molecule has 0 spiro atoms. The third-order valence-corrected chi connectivity index (χ3v) is 4.90. The van der Waals surface area contributed by atoms with Gasteiger partial charge >= 0.3 is 0 Å². The predicted octanol–water partition coefficient (Wildman–Crippen LogP) is 7.63. The van der Waals surface area contributed by atoms with Gasteiger partial charge in [0, 0.05) is 11.1 Å². The average Bonchev–Trinajstić information content (AvgIpc) is 2.63. The Labute approximate surface area is 182 Å². The van der Waals surface area contributed by atoms with E-state index in [0.29, 0.717) is 12.2 Å². The molecule has 0 amide bonds. The fourth-order valence-corrected chi connectivity index (χ4v) is 3.40. The second-order valence-electron chi connectivity index (χ2n) is 10.3. The summed E-state index contributed by atoms with van der Waals surface area (Å²) in [6.07, 6.45) is 0.961. The number of carbonyl (C=O) groups excluding carboxylic acids is 1. The van der Waals surface area contributed by atoms with Crippen LogP contribution in [0, 0.1) is 5.41 Å². The molecule has 2 rings (SSSR count). The van der Waals surface area contributed by atoms with Crippen molar-refractivity contribution in [2.45, 2.75) is 67.2 Å². The van der Waals surface area contributed by atoms with E-state index in [2.05, 4.69) is 66.3 Å². The quantitative estimate of drug-likeness (QED) is 0.365. The lowest BCUT2D eigenvalue weighted by atomic mass is 9.87. The normalized spacial score (nSPS) is 11.6. The Bertz CT molecular complexity index is 924. The number of carbonyl (C=O) groups is 1. The second-order valence-corrected chi connectivity index (χ2v) is 10.3. The molecule has 2 aromatic carbocycles. The van der Waals surface area contributed by atoms with Crippen molar-refractivity contribution in [3.63, 3.8) is 0 Å². The zero-order valence-corrected chi connectivity index (χ0v) is 19.8. The van der Waals surface area contributed by atoms with E-state index in [1.165, 1.54) is 11.1 Å². The molecule has 0 bridgehead atoms. The first kappa shape index (κ1) is 23.7. The third kappa shape index (κ3) is 7.35. The van der Waals surface area contributed by atoms with Crippen LogP contribution in [0.25, 0.3) is 5.57 Å². The van der Waals surface area contributed by atoms with Crippen LogP contribution in [0.5, 0.6) is 5.75 Å². The predicted molar refractivity (Wildman–Crippen MR) is 127 cm³/mol. The molecule has 0 saturated carbocycles. The SMILES string of the molecule is CC(=O)c1ccc(C(=C=C(C)CC(C)(C)C)COc2ccc(C(C)(C)C)cc2)cc1. The van der Waals surface area contributed by atoms with Gasteiger partial charge in [-0.2, -0.15) is 0 Å². The van der Waals surface area contributed by atoms with Crippen LogP contribution >= 0.6 is 0 Å². The van der Waals surface area contributed by atoms with Crippen molar-refractivity contribution in [1.29, 1.82) is 0 Å². The molecule has 0 aliphatic carbocycles. The topological polar surface area (TPSA) is 26.3 Å². The van der Waals surface area contributed by atoms with Crippen molar-refractivity contribution in [2.75, 3.05) is 6.61 Å². The number of ketones is 1. The van der Waals surface area contributed by atoms with Crippen molar-refractivity contribution < 1.29 is 9.53 Å². The number of hydrogen-bond donors (Lipinski definition) is 0. The van der Waals surface area contributed by atoms with E-state index >= 15 is 0 Å². The zero-order valence-electron chi connectivity index (χ0n) is 19.8. The minimum absolute atomic E-state index is 0.0710. The Morgan fingerprint density at radius 1 is 0.833 bits per heavy atom. The van der Waals surface area contributed by atoms with E-state index in [-0.39, 0.29) is 16.6 Å². The molecule has 2 aromatic rings. The average molecular weight is 405 g/mol. The van der Waals surface area contributed by atoms with E-state index in [4.69, 9.17) is 4.74 Å². The molecule has 30 heavy (non-hydrogen) atoms. The van der Waals surface area contributed by atoms with Gasteiger partial charge in [0.05, 0.1) is 0 Å². The fourth-order valence-electron chi connectivity index (χ4n) is 3.40. The second kappa shape index (κ2) is 9.49. The van der Waals surface area contributed by atoms with Crippen molar-refractivity contribution in [3.05, 3.63) is 76.5 Å². The van der Waals surface area contributed by atoms with Gasteiger partial charge in [-0.1, -0.05) is 77.9 Å². The molecule has 0 fully saturated rings. The highest BCUT2D eigenvalue weighted by molar-refractivity contribution is 5.94. The molecule has 2 nitrogen and oxygen atoms in total. The Kier molecular flexibility index (Phi) is 7.50. The van der Waals surface area contributed by atoms with Gasteiger partial charge in [-0.25, -0.2) is 0 Å². The van der Waals surface area contributed by atoms with E-state index in [1.807, 2.05) is 36.4 Å². The van der Waals surface area contributed by atoms with Crippen molar-refractivity contribution in [3.8, 4) is 5.75 Å². The summed E-state index contributed by atoms with van der Waals surface area (Å²) in [5.41, 5.74) is 9.10. The molecule has 0 heterocycles. The minimum atomic E-state index is 0.0710. The van der Waals surface area contributed by atoms with Gasteiger partial charge in [0.25, 0.3) is 0 Å². The largest absolute Gasteiger partial charge is 0.488 e. The summed E-state index contributed by atoms with van der Waals surface area (Å²) in [6.45, 7) is 17.4.